The molecule has 0 aromatic heterocycles. The lowest BCUT2D eigenvalue weighted by atomic mass is 10.0. The van der Waals surface area contributed by atoms with E-state index in [-0.39, 0.29) is 24.0 Å². The first-order valence-corrected chi connectivity index (χ1v) is 13.1. The molecule has 1 heterocycles. The van der Waals surface area contributed by atoms with Crippen molar-refractivity contribution in [3.63, 3.8) is 0 Å². The zero-order valence-electron chi connectivity index (χ0n) is 21.5. The molecule has 1 N–H and O–H groups in total. The minimum absolute atomic E-state index is 0.112. The summed E-state index contributed by atoms with van der Waals surface area (Å²) in [4.78, 5) is 29.1. The summed E-state index contributed by atoms with van der Waals surface area (Å²) >= 11 is 0. The van der Waals surface area contributed by atoms with Gasteiger partial charge >= 0.3 is 0 Å². The van der Waals surface area contributed by atoms with Gasteiger partial charge in [-0.05, 0) is 80.5 Å². The third-order valence-electron chi connectivity index (χ3n) is 7.56. The van der Waals surface area contributed by atoms with Gasteiger partial charge in [0.2, 0.25) is 11.8 Å². The van der Waals surface area contributed by atoms with Crippen LogP contribution in [0.1, 0.15) is 50.6 Å². The molecular formula is C29H37N3O4. The molecule has 0 spiro atoms. The van der Waals surface area contributed by atoms with Crippen molar-refractivity contribution in [2.45, 2.75) is 51.2 Å². The fourth-order valence-electron chi connectivity index (χ4n) is 4.85. The first-order valence-electron chi connectivity index (χ1n) is 13.1. The Morgan fingerprint density at radius 1 is 1.03 bits per heavy atom. The van der Waals surface area contributed by atoms with Gasteiger partial charge in [0, 0.05) is 32.7 Å². The molecule has 192 valence electrons. The largest absolute Gasteiger partial charge is 0.493 e. The van der Waals surface area contributed by atoms with Crippen molar-refractivity contribution in [3.05, 3.63) is 54.1 Å². The highest BCUT2D eigenvalue weighted by Crippen LogP contribution is 2.47. The highest BCUT2D eigenvalue weighted by molar-refractivity contribution is 6.07. The summed E-state index contributed by atoms with van der Waals surface area (Å²) in [5.74, 6) is 2.24. The van der Waals surface area contributed by atoms with Gasteiger partial charge in [-0.3, -0.25) is 9.59 Å². The molecule has 3 fully saturated rings. The number of ether oxygens (including phenoxy) is 2. The summed E-state index contributed by atoms with van der Waals surface area (Å²) in [6, 6.07) is 16.1. The Labute approximate surface area is 213 Å². The molecule has 36 heavy (non-hydrogen) atoms. The van der Waals surface area contributed by atoms with E-state index in [9.17, 15) is 9.59 Å². The minimum Gasteiger partial charge on any atom is -0.493 e. The van der Waals surface area contributed by atoms with Crippen LogP contribution in [-0.2, 0) is 9.59 Å². The van der Waals surface area contributed by atoms with Gasteiger partial charge in [-0.15, -0.1) is 0 Å². The molecule has 7 nitrogen and oxygen atoms in total. The van der Waals surface area contributed by atoms with E-state index in [2.05, 4.69) is 34.5 Å². The number of benzene rings is 2. The highest BCUT2D eigenvalue weighted by Gasteiger charge is 2.57. The maximum absolute atomic E-state index is 12.8. The standard InChI is InChI=1S/C29H37N3O4/c1-20(30-27(33)29(15-16-29)28(34)31(2)3)22-6-10-25(11-7-22)36-26-14-17-32(18-26)23-8-12-24(13-9-23)35-19-21-4-5-21/h6-13,20-21,26H,4-5,14-19H2,1-3H3,(H,30,33)/t20-,26+/m0/s1. The van der Waals surface area contributed by atoms with Gasteiger partial charge in [0.1, 0.15) is 23.0 Å². The molecule has 2 aromatic rings. The van der Waals surface area contributed by atoms with Crippen LogP contribution in [0.15, 0.2) is 48.5 Å². The summed E-state index contributed by atoms with van der Waals surface area (Å²) in [7, 11) is 3.39. The summed E-state index contributed by atoms with van der Waals surface area (Å²) in [5, 5.41) is 3.03. The zero-order valence-corrected chi connectivity index (χ0v) is 21.5. The van der Waals surface area contributed by atoms with Crippen LogP contribution < -0.4 is 19.7 Å². The maximum atomic E-state index is 12.8. The van der Waals surface area contributed by atoms with Gasteiger partial charge in [-0.1, -0.05) is 12.1 Å². The molecule has 0 unspecified atom stereocenters. The molecule has 2 aliphatic carbocycles. The summed E-state index contributed by atoms with van der Waals surface area (Å²) < 4.78 is 12.1. The molecular weight excluding hydrogens is 454 g/mol. The Kier molecular flexibility index (Phi) is 6.82. The predicted molar refractivity (Wildman–Crippen MR) is 139 cm³/mol. The van der Waals surface area contributed by atoms with Crippen LogP contribution in [0.5, 0.6) is 11.5 Å². The van der Waals surface area contributed by atoms with E-state index in [1.807, 2.05) is 31.2 Å². The van der Waals surface area contributed by atoms with E-state index >= 15 is 0 Å². The van der Waals surface area contributed by atoms with E-state index in [0.29, 0.717) is 12.8 Å². The molecule has 2 amide bonds. The monoisotopic (exact) mass is 491 g/mol. The number of hydrogen-bond acceptors (Lipinski definition) is 5. The Morgan fingerprint density at radius 3 is 2.31 bits per heavy atom. The van der Waals surface area contributed by atoms with Crippen molar-refractivity contribution in [1.29, 1.82) is 0 Å². The van der Waals surface area contributed by atoms with Crippen molar-refractivity contribution < 1.29 is 19.1 Å². The van der Waals surface area contributed by atoms with Crippen LogP contribution in [-0.4, -0.2) is 56.6 Å². The van der Waals surface area contributed by atoms with Crippen LogP contribution in [0, 0.1) is 11.3 Å². The van der Waals surface area contributed by atoms with Crippen molar-refractivity contribution in [1.82, 2.24) is 10.2 Å². The van der Waals surface area contributed by atoms with Crippen molar-refractivity contribution >= 4 is 17.5 Å². The van der Waals surface area contributed by atoms with Crippen molar-refractivity contribution in [2.75, 3.05) is 38.7 Å². The second kappa shape index (κ2) is 10.0. The predicted octanol–water partition coefficient (Wildman–Crippen LogP) is 4.18. The molecule has 1 aliphatic heterocycles. The summed E-state index contributed by atoms with van der Waals surface area (Å²) in [6.07, 6.45) is 4.93. The first kappa shape index (κ1) is 24.5. The van der Waals surface area contributed by atoms with Gasteiger partial charge in [0.05, 0.1) is 19.2 Å². The molecule has 5 rings (SSSR count). The molecule has 2 atom stereocenters. The third-order valence-corrected chi connectivity index (χ3v) is 7.56. The van der Waals surface area contributed by atoms with Crippen LogP contribution in [0.2, 0.25) is 0 Å². The van der Waals surface area contributed by atoms with Gasteiger partial charge in [0.25, 0.3) is 0 Å². The third kappa shape index (κ3) is 5.45. The quantitative estimate of drug-likeness (QED) is 0.505. The van der Waals surface area contributed by atoms with E-state index in [1.54, 1.807) is 14.1 Å². The van der Waals surface area contributed by atoms with Crippen LogP contribution >= 0.6 is 0 Å². The smallest absolute Gasteiger partial charge is 0.237 e. The minimum atomic E-state index is -0.876. The molecule has 0 radical (unpaired) electrons. The Bertz CT molecular complexity index is 1070. The average Bonchev–Trinajstić information content (AvgIpc) is 3.81. The number of rotatable bonds is 10. The number of hydrogen-bond donors (Lipinski definition) is 1. The number of carbonyl (C=O) groups excluding carboxylic acids is 2. The Morgan fingerprint density at radius 2 is 1.69 bits per heavy atom. The van der Waals surface area contributed by atoms with E-state index < -0.39 is 5.41 Å². The molecule has 7 heteroatoms. The summed E-state index contributed by atoms with van der Waals surface area (Å²) in [5.41, 5.74) is 1.31. The molecule has 0 bridgehead atoms. The van der Waals surface area contributed by atoms with Crippen molar-refractivity contribution in [2.24, 2.45) is 11.3 Å². The fraction of sp³-hybridized carbons (Fsp3) is 0.517. The topological polar surface area (TPSA) is 71.1 Å². The molecule has 2 aromatic carbocycles. The van der Waals surface area contributed by atoms with E-state index in [0.717, 1.165) is 49.1 Å². The second-order valence-corrected chi connectivity index (χ2v) is 10.8. The number of nitrogens with zero attached hydrogens (tertiary/aromatic N) is 2. The number of anilines is 1. The lowest BCUT2D eigenvalue weighted by molar-refractivity contribution is -0.142. The van der Waals surface area contributed by atoms with Crippen molar-refractivity contribution in [3.8, 4) is 11.5 Å². The van der Waals surface area contributed by atoms with E-state index in [1.165, 1.54) is 23.4 Å². The van der Waals surface area contributed by atoms with Gasteiger partial charge in [0.15, 0.2) is 0 Å². The Hall–Kier alpha value is -3.22. The Balaban J connectivity index is 1.10. The lowest BCUT2D eigenvalue weighted by Gasteiger charge is -2.22. The average molecular weight is 492 g/mol. The van der Waals surface area contributed by atoms with Crippen LogP contribution in [0.4, 0.5) is 5.69 Å². The lowest BCUT2D eigenvalue weighted by Crippen LogP contribution is -2.43. The molecule has 3 aliphatic rings. The highest BCUT2D eigenvalue weighted by atomic mass is 16.5. The number of amides is 2. The normalized spacial score (nSPS) is 21.0. The van der Waals surface area contributed by atoms with Crippen LogP contribution in [0.3, 0.4) is 0 Å². The van der Waals surface area contributed by atoms with E-state index in [4.69, 9.17) is 9.47 Å². The molecule has 2 saturated carbocycles. The van der Waals surface area contributed by atoms with Gasteiger partial charge in [-0.2, -0.15) is 0 Å². The maximum Gasteiger partial charge on any atom is 0.237 e. The zero-order chi connectivity index (χ0) is 25.3. The number of carbonyl (C=O) groups is 2. The summed E-state index contributed by atoms with van der Waals surface area (Å²) in [6.45, 7) is 4.58. The number of nitrogens with one attached hydrogen (secondary N) is 1. The first-order chi connectivity index (χ1) is 17.3. The fourth-order valence-corrected chi connectivity index (χ4v) is 4.85. The van der Waals surface area contributed by atoms with Crippen LogP contribution in [0.25, 0.3) is 0 Å². The van der Waals surface area contributed by atoms with Gasteiger partial charge in [-0.25, -0.2) is 0 Å². The van der Waals surface area contributed by atoms with Gasteiger partial charge < -0.3 is 24.6 Å². The second-order valence-electron chi connectivity index (χ2n) is 10.8. The SMILES string of the molecule is C[C@H](NC(=O)C1(C(=O)N(C)C)CC1)c1ccc(O[C@@H]2CCN(c3ccc(OCC4CC4)cc3)C2)cc1. The molecule has 1 saturated heterocycles.